The lowest BCUT2D eigenvalue weighted by atomic mass is 9.85. The smallest absolute Gasteiger partial charge is 0.310 e. The van der Waals surface area contributed by atoms with Gasteiger partial charge in [-0.05, 0) is 37.1 Å². The second-order valence-electron chi connectivity index (χ2n) is 5.85. The lowest BCUT2D eigenvalue weighted by Gasteiger charge is -2.26. The van der Waals surface area contributed by atoms with E-state index in [4.69, 9.17) is 4.74 Å². The van der Waals surface area contributed by atoms with Gasteiger partial charge in [-0.2, -0.15) is 0 Å². The van der Waals surface area contributed by atoms with Crippen molar-refractivity contribution in [1.82, 2.24) is 0 Å². The molecule has 1 N–H and O–H groups in total. The largest absolute Gasteiger partial charge is 0.447 e. The Bertz CT molecular complexity index is 711. The third-order valence-corrected chi connectivity index (χ3v) is 4.12. The normalized spacial score (nSPS) is 15.2. The summed E-state index contributed by atoms with van der Waals surface area (Å²) in [5.74, 6) is -1.30. The minimum absolute atomic E-state index is 0.116. The van der Waals surface area contributed by atoms with E-state index in [-0.39, 0.29) is 17.7 Å². The summed E-state index contributed by atoms with van der Waals surface area (Å²) in [5, 5.41) is 2.67. The molecule has 1 atom stereocenters. The maximum atomic E-state index is 13.0. The molecule has 1 saturated carbocycles. The van der Waals surface area contributed by atoms with E-state index in [1.807, 2.05) is 6.07 Å². The van der Waals surface area contributed by atoms with Crippen molar-refractivity contribution in [2.45, 2.75) is 25.4 Å². The summed E-state index contributed by atoms with van der Waals surface area (Å²) in [6.07, 6.45) is 1.60. The molecule has 1 fully saturated rings. The molecule has 1 aliphatic carbocycles. The first-order valence-corrected chi connectivity index (χ1v) is 7.95. The molecule has 0 aliphatic heterocycles. The van der Waals surface area contributed by atoms with Gasteiger partial charge in [-0.25, -0.2) is 4.39 Å². The van der Waals surface area contributed by atoms with E-state index in [0.29, 0.717) is 11.3 Å². The average Bonchev–Trinajstić information content (AvgIpc) is 2.54. The van der Waals surface area contributed by atoms with Gasteiger partial charge in [-0.1, -0.05) is 36.8 Å². The molecular formula is C19H18FNO3. The summed E-state index contributed by atoms with van der Waals surface area (Å²) in [4.78, 5) is 24.7. The van der Waals surface area contributed by atoms with Crippen molar-refractivity contribution >= 4 is 17.6 Å². The van der Waals surface area contributed by atoms with Gasteiger partial charge >= 0.3 is 5.97 Å². The molecule has 0 bridgehead atoms. The Balaban J connectivity index is 1.76. The lowest BCUT2D eigenvalue weighted by Crippen LogP contribution is -2.31. The molecule has 0 radical (unpaired) electrons. The fourth-order valence-electron chi connectivity index (χ4n) is 2.50. The number of hydrogen-bond donors (Lipinski definition) is 1. The van der Waals surface area contributed by atoms with Gasteiger partial charge < -0.3 is 10.1 Å². The number of esters is 1. The predicted molar refractivity (Wildman–Crippen MR) is 87.6 cm³/mol. The first-order chi connectivity index (χ1) is 11.6. The molecule has 2 aromatic rings. The molecule has 4 nitrogen and oxygen atoms in total. The monoisotopic (exact) mass is 327 g/mol. The zero-order valence-corrected chi connectivity index (χ0v) is 13.1. The maximum Gasteiger partial charge on any atom is 0.310 e. The van der Waals surface area contributed by atoms with Gasteiger partial charge in [-0.3, -0.25) is 9.59 Å². The first-order valence-electron chi connectivity index (χ1n) is 7.95. The second-order valence-corrected chi connectivity index (χ2v) is 5.85. The van der Waals surface area contributed by atoms with E-state index < -0.39 is 12.0 Å². The van der Waals surface area contributed by atoms with Crippen LogP contribution in [0.25, 0.3) is 0 Å². The van der Waals surface area contributed by atoms with E-state index in [2.05, 4.69) is 5.32 Å². The number of anilines is 1. The summed E-state index contributed by atoms with van der Waals surface area (Å²) in [6.45, 7) is 0. The fraction of sp³-hybridized carbons (Fsp3) is 0.263. The Morgan fingerprint density at radius 2 is 1.71 bits per heavy atom. The quantitative estimate of drug-likeness (QED) is 0.849. The summed E-state index contributed by atoms with van der Waals surface area (Å²) >= 11 is 0. The van der Waals surface area contributed by atoms with Crippen LogP contribution in [0.5, 0.6) is 0 Å². The number of carbonyl (C=O) groups is 2. The highest BCUT2D eigenvalue weighted by Gasteiger charge is 2.32. The van der Waals surface area contributed by atoms with E-state index in [1.165, 1.54) is 24.3 Å². The molecule has 0 unspecified atom stereocenters. The van der Waals surface area contributed by atoms with Crippen molar-refractivity contribution < 1.29 is 18.7 Å². The van der Waals surface area contributed by atoms with E-state index >= 15 is 0 Å². The highest BCUT2D eigenvalue weighted by atomic mass is 19.1. The maximum absolute atomic E-state index is 13.0. The molecule has 1 amide bonds. The van der Waals surface area contributed by atoms with Crippen molar-refractivity contribution in [3.05, 3.63) is 66.0 Å². The second kappa shape index (κ2) is 7.25. The predicted octanol–water partition coefficient (Wildman–Crippen LogP) is 3.85. The highest BCUT2D eigenvalue weighted by molar-refractivity contribution is 5.96. The molecular weight excluding hydrogens is 309 g/mol. The van der Waals surface area contributed by atoms with Crippen LogP contribution in [-0.4, -0.2) is 11.9 Å². The molecule has 24 heavy (non-hydrogen) atoms. The fourth-order valence-corrected chi connectivity index (χ4v) is 2.50. The zero-order valence-electron chi connectivity index (χ0n) is 13.1. The zero-order chi connectivity index (χ0) is 16.9. The van der Waals surface area contributed by atoms with Crippen LogP contribution in [0.15, 0.2) is 54.6 Å². The molecule has 3 rings (SSSR count). The van der Waals surface area contributed by atoms with Gasteiger partial charge in [-0.15, -0.1) is 0 Å². The summed E-state index contributed by atoms with van der Waals surface area (Å²) < 4.78 is 18.4. The topological polar surface area (TPSA) is 55.4 Å². The molecule has 0 saturated heterocycles. The van der Waals surface area contributed by atoms with Gasteiger partial charge in [0.2, 0.25) is 6.10 Å². The number of amides is 1. The van der Waals surface area contributed by atoms with Gasteiger partial charge in [0.05, 0.1) is 5.92 Å². The third-order valence-electron chi connectivity index (χ3n) is 4.12. The van der Waals surface area contributed by atoms with Crippen molar-refractivity contribution in [2.24, 2.45) is 5.92 Å². The minimum atomic E-state index is -1.02. The van der Waals surface area contributed by atoms with Gasteiger partial charge in [0.1, 0.15) is 5.82 Å². The van der Waals surface area contributed by atoms with Crippen LogP contribution in [0, 0.1) is 11.7 Å². The van der Waals surface area contributed by atoms with Crippen molar-refractivity contribution in [3.8, 4) is 0 Å². The van der Waals surface area contributed by atoms with Crippen LogP contribution in [0.4, 0.5) is 10.1 Å². The Labute approximate surface area is 139 Å². The van der Waals surface area contributed by atoms with Crippen LogP contribution < -0.4 is 5.32 Å². The number of ether oxygens (including phenoxy) is 1. The molecule has 0 heterocycles. The van der Waals surface area contributed by atoms with Crippen molar-refractivity contribution in [3.63, 3.8) is 0 Å². The summed E-state index contributed by atoms with van der Waals surface area (Å²) in [7, 11) is 0. The van der Waals surface area contributed by atoms with Crippen LogP contribution in [0.3, 0.4) is 0 Å². The molecule has 0 aromatic heterocycles. The lowest BCUT2D eigenvalue weighted by molar-refractivity contribution is -0.161. The third kappa shape index (κ3) is 3.79. The Hall–Kier alpha value is -2.69. The molecule has 124 valence electrons. The number of rotatable bonds is 5. The summed E-state index contributed by atoms with van der Waals surface area (Å²) in [6, 6.07) is 14.3. The van der Waals surface area contributed by atoms with Gasteiger partial charge in [0, 0.05) is 11.3 Å². The standard InChI is InChI=1S/C19H18FNO3/c20-15-9-11-16(12-10-15)21-18(22)17(13-5-2-1-3-6-13)24-19(23)14-7-4-8-14/h1-3,5-6,9-12,14,17H,4,7-8H2,(H,21,22)/t17-/m0/s1. The Morgan fingerprint density at radius 1 is 1.04 bits per heavy atom. The minimum Gasteiger partial charge on any atom is -0.447 e. The van der Waals surface area contributed by atoms with Gasteiger partial charge in [0.15, 0.2) is 0 Å². The van der Waals surface area contributed by atoms with Crippen LogP contribution >= 0.6 is 0 Å². The highest BCUT2D eigenvalue weighted by Crippen LogP contribution is 2.30. The molecule has 0 spiro atoms. The number of halogens is 1. The number of benzene rings is 2. The van der Waals surface area contributed by atoms with Crippen LogP contribution in [0.1, 0.15) is 30.9 Å². The van der Waals surface area contributed by atoms with Gasteiger partial charge in [0.25, 0.3) is 5.91 Å². The van der Waals surface area contributed by atoms with E-state index in [0.717, 1.165) is 19.3 Å². The first kappa shape index (κ1) is 16.2. The summed E-state index contributed by atoms with van der Waals surface area (Å²) in [5.41, 5.74) is 1.05. The Kier molecular flexibility index (Phi) is 4.89. The van der Waals surface area contributed by atoms with Crippen molar-refractivity contribution in [2.75, 3.05) is 5.32 Å². The molecule has 5 heteroatoms. The molecule has 2 aromatic carbocycles. The SMILES string of the molecule is O=C(O[C@H](C(=O)Nc1ccc(F)cc1)c1ccccc1)C1CCC1. The van der Waals surface area contributed by atoms with Crippen LogP contribution in [0.2, 0.25) is 0 Å². The molecule has 1 aliphatic rings. The van der Waals surface area contributed by atoms with Crippen LogP contribution in [-0.2, 0) is 14.3 Å². The number of nitrogens with one attached hydrogen (secondary N) is 1. The average molecular weight is 327 g/mol. The van der Waals surface area contributed by atoms with Crippen molar-refractivity contribution in [1.29, 1.82) is 0 Å². The van der Waals surface area contributed by atoms with E-state index in [9.17, 15) is 14.0 Å². The Morgan fingerprint density at radius 3 is 2.29 bits per heavy atom. The van der Waals surface area contributed by atoms with E-state index in [1.54, 1.807) is 24.3 Å². The number of carbonyl (C=O) groups excluding carboxylic acids is 2. The number of hydrogen-bond acceptors (Lipinski definition) is 3.